The smallest absolute Gasteiger partial charge is 0.139 e. The molecule has 3 nitrogen and oxygen atoms in total. The van der Waals surface area contributed by atoms with E-state index in [1.54, 1.807) is 0 Å². The van der Waals surface area contributed by atoms with Gasteiger partial charge in [0.05, 0.1) is 0 Å². The van der Waals surface area contributed by atoms with Crippen molar-refractivity contribution in [3.05, 3.63) is 64.0 Å². The van der Waals surface area contributed by atoms with E-state index in [1.165, 1.54) is 0 Å². The maximum Gasteiger partial charge on any atom is 0.139 e. The summed E-state index contributed by atoms with van der Waals surface area (Å²) in [6.45, 7) is 18.2. The zero-order chi connectivity index (χ0) is 22.3. The molecule has 1 rings (SSSR count). The van der Waals surface area contributed by atoms with Crippen molar-refractivity contribution >= 4 is 28.7 Å². The topological polar surface area (TPSA) is 55.4 Å². The van der Waals surface area contributed by atoms with Crippen molar-refractivity contribution in [1.82, 2.24) is 0 Å². The van der Waals surface area contributed by atoms with E-state index in [0.717, 1.165) is 40.0 Å². The highest BCUT2D eigenvalue weighted by atomic mass is 35.5. The van der Waals surface area contributed by atoms with E-state index < -0.39 is 0 Å². The minimum Gasteiger partial charge on any atom is -0.383 e. The molecule has 0 bridgehead atoms. The van der Waals surface area contributed by atoms with Gasteiger partial charge in [-0.2, -0.15) is 0 Å². The Kier molecular flexibility index (Phi) is 9.58. The van der Waals surface area contributed by atoms with Crippen LogP contribution in [0.1, 0.15) is 78.4 Å². The first-order chi connectivity index (χ1) is 13.5. The summed E-state index contributed by atoms with van der Waals surface area (Å²) in [7, 11) is 0. The van der Waals surface area contributed by atoms with Gasteiger partial charge >= 0.3 is 0 Å². The van der Waals surface area contributed by atoms with Crippen LogP contribution >= 0.6 is 11.6 Å². The number of carbonyl (C=O) groups excluding carboxylic acids is 1. The highest BCUT2D eigenvalue weighted by Gasteiger charge is 2.21. The summed E-state index contributed by atoms with van der Waals surface area (Å²) in [6.07, 6.45) is 3.42. The Labute approximate surface area is 181 Å². The van der Waals surface area contributed by atoms with Gasteiger partial charge in [0.2, 0.25) is 0 Å². The molecular weight excluding hydrogens is 380 g/mol. The van der Waals surface area contributed by atoms with Gasteiger partial charge in [-0.05, 0) is 60.6 Å². The van der Waals surface area contributed by atoms with Crippen LogP contribution in [0, 0.1) is 5.92 Å². The first-order valence-corrected chi connectivity index (χ1v) is 10.7. The van der Waals surface area contributed by atoms with Crippen molar-refractivity contribution < 1.29 is 4.79 Å². The lowest BCUT2D eigenvalue weighted by Crippen LogP contribution is -2.18. The van der Waals surface area contributed by atoms with Gasteiger partial charge in [-0.3, -0.25) is 4.79 Å². The monoisotopic (exact) mass is 414 g/mol. The molecule has 0 spiro atoms. The zero-order valence-corrected chi connectivity index (χ0v) is 19.7. The van der Waals surface area contributed by atoms with Gasteiger partial charge in [-0.25, -0.2) is 4.99 Å². The molecule has 0 aliphatic heterocycles. The van der Waals surface area contributed by atoms with E-state index >= 15 is 0 Å². The number of rotatable bonds is 9. The largest absolute Gasteiger partial charge is 0.383 e. The van der Waals surface area contributed by atoms with E-state index in [9.17, 15) is 4.79 Å². The van der Waals surface area contributed by atoms with Gasteiger partial charge < -0.3 is 5.73 Å². The molecule has 4 heteroatoms. The lowest BCUT2D eigenvalue weighted by atomic mass is 9.89. The SMILES string of the molecule is C=C(/C(C)=N/C(N)=C(\C(C)=C\CC)C(C)C(=O)CC)c1ccc(Cl)cc1C(C)C. The minimum absolute atomic E-state index is 0.151. The molecule has 1 aromatic rings. The molecule has 1 unspecified atom stereocenters. The standard InChI is InChI=1S/C25H35ClN2O/c1-9-11-16(5)24(18(7)23(29)10-2)25(27)28-19(8)17(6)21-13-12-20(26)14-22(21)15(3)4/h11-15,18H,6,9-10,27H2,1-5,7-8H3/b16-11+,25-24+,28-19+. The number of benzene rings is 1. The summed E-state index contributed by atoms with van der Waals surface area (Å²) in [5.74, 6) is 0.529. The lowest BCUT2D eigenvalue weighted by molar-refractivity contribution is -0.121. The summed E-state index contributed by atoms with van der Waals surface area (Å²) in [5, 5.41) is 0.703. The molecule has 0 aliphatic carbocycles. The van der Waals surface area contributed by atoms with Gasteiger partial charge in [0.25, 0.3) is 0 Å². The summed E-state index contributed by atoms with van der Waals surface area (Å²) < 4.78 is 0. The first kappa shape index (κ1) is 24.9. The van der Waals surface area contributed by atoms with Crippen molar-refractivity contribution in [2.45, 2.75) is 67.2 Å². The molecule has 0 fully saturated rings. The fourth-order valence-corrected chi connectivity index (χ4v) is 3.62. The van der Waals surface area contributed by atoms with Crippen LogP contribution in [0.5, 0.6) is 0 Å². The number of ketones is 1. The molecule has 1 atom stereocenters. The van der Waals surface area contributed by atoms with Crippen LogP contribution in [0.25, 0.3) is 5.57 Å². The third-order valence-electron chi connectivity index (χ3n) is 5.16. The second kappa shape index (κ2) is 11.2. The van der Waals surface area contributed by atoms with E-state index in [1.807, 2.05) is 45.9 Å². The number of allylic oxidation sites excluding steroid dienone is 4. The van der Waals surface area contributed by atoms with Crippen LogP contribution in [-0.2, 0) is 4.79 Å². The number of carbonyl (C=O) groups is 1. The predicted molar refractivity (Wildman–Crippen MR) is 127 cm³/mol. The molecule has 0 radical (unpaired) electrons. The van der Waals surface area contributed by atoms with Crippen molar-refractivity contribution in [2.24, 2.45) is 16.6 Å². The number of hydrogen-bond acceptors (Lipinski definition) is 3. The van der Waals surface area contributed by atoms with Crippen molar-refractivity contribution in [2.75, 3.05) is 0 Å². The summed E-state index contributed by atoms with van der Waals surface area (Å²) in [5.41, 5.74) is 11.9. The average Bonchev–Trinajstić information content (AvgIpc) is 2.66. The van der Waals surface area contributed by atoms with Crippen molar-refractivity contribution in [3.63, 3.8) is 0 Å². The molecule has 158 valence electrons. The Hall–Kier alpha value is -2.13. The van der Waals surface area contributed by atoms with Gasteiger partial charge in [0, 0.05) is 28.6 Å². The third kappa shape index (κ3) is 6.43. The zero-order valence-electron chi connectivity index (χ0n) is 18.9. The first-order valence-electron chi connectivity index (χ1n) is 10.3. The Morgan fingerprint density at radius 3 is 2.38 bits per heavy atom. The van der Waals surface area contributed by atoms with Crippen LogP contribution < -0.4 is 5.73 Å². The van der Waals surface area contributed by atoms with Crippen LogP contribution in [0.4, 0.5) is 0 Å². The van der Waals surface area contributed by atoms with Crippen LogP contribution in [0.3, 0.4) is 0 Å². The number of hydrogen-bond donors (Lipinski definition) is 1. The van der Waals surface area contributed by atoms with Crippen molar-refractivity contribution in [1.29, 1.82) is 0 Å². The minimum atomic E-state index is -0.297. The normalized spacial score (nSPS) is 14.7. The quantitative estimate of drug-likeness (QED) is 0.346. The predicted octanol–water partition coefficient (Wildman–Crippen LogP) is 7.08. The Morgan fingerprint density at radius 1 is 1.24 bits per heavy atom. The fourth-order valence-electron chi connectivity index (χ4n) is 3.44. The van der Waals surface area contributed by atoms with Crippen LogP contribution in [0.2, 0.25) is 5.02 Å². The molecule has 0 amide bonds. The number of halogens is 1. The maximum absolute atomic E-state index is 12.4. The average molecular weight is 415 g/mol. The Bertz CT molecular complexity index is 860. The molecule has 29 heavy (non-hydrogen) atoms. The second-order valence-corrected chi connectivity index (χ2v) is 8.13. The summed E-state index contributed by atoms with van der Waals surface area (Å²) in [4.78, 5) is 17.0. The highest BCUT2D eigenvalue weighted by Crippen LogP contribution is 2.30. The summed E-state index contributed by atoms with van der Waals surface area (Å²) >= 11 is 6.19. The molecule has 2 N–H and O–H groups in total. The molecule has 0 saturated carbocycles. The van der Waals surface area contributed by atoms with Crippen LogP contribution in [0.15, 0.2) is 52.8 Å². The summed E-state index contributed by atoms with van der Waals surface area (Å²) in [6, 6.07) is 5.81. The molecule has 0 heterocycles. The van der Waals surface area contributed by atoms with E-state index in [0.29, 0.717) is 23.2 Å². The van der Waals surface area contributed by atoms with Gasteiger partial charge in [-0.15, -0.1) is 0 Å². The van der Waals surface area contributed by atoms with Crippen molar-refractivity contribution in [3.8, 4) is 0 Å². The fraction of sp³-hybridized carbons (Fsp3) is 0.440. The maximum atomic E-state index is 12.4. The van der Waals surface area contributed by atoms with Gasteiger partial charge in [0.1, 0.15) is 11.6 Å². The van der Waals surface area contributed by atoms with E-state index in [4.69, 9.17) is 17.3 Å². The Balaban J connectivity index is 3.49. The number of Topliss-reactive ketones (excluding diaryl/α,β-unsaturated/α-hetero) is 1. The van der Waals surface area contributed by atoms with E-state index in [2.05, 4.69) is 38.4 Å². The number of aliphatic imine (C=N–C) groups is 1. The third-order valence-corrected chi connectivity index (χ3v) is 5.40. The Morgan fingerprint density at radius 2 is 1.86 bits per heavy atom. The highest BCUT2D eigenvalue weighted by molar-refractivity contribution is 6.31. The van der Waals surface area contributed by atoms with Gasteiger partial charge in [0.15, 0.2) is 0 Å². The molecule has 0 aromatic heterocycles. The van der Waals surface area contributed by atoms with Gasteiger partial charge in [-0.1, -0.05) is 64.9 Å². The van der Waals surface area contributed by atoms with E-state index in [-0.39, 0.29) is 11.7 Å². The molecular formula is C25H35ClN2O. The molecule has 0 aliphatic rings. The molecule has 0 saturated heterocycles. The second-order valence-electron chi connectivity index (χ2n) is 7.70. The van der Waals surface area contributed by atoms with Crippen LogP contribution in [-0.4, -0.2) is 11.5 Å². The number of nitrogens with zero attached hydrogens (tertiary/aromatic N) is 1. The lowest BCUT2D eigenvalue weighted by Gasteiger charge is -2.18. The number of nitrogens with two attached hydrogens (primary N) is 1. The molecule has 1 aromatic carbocycles.